The number of alkyl carbamates (subject to hydrolysis) is 1. The Morgan fingerprint density at radius 3 is 1.64 bits per heavy atom. The topological polar surface area (TPSA) is 134 Å². The Kier molecular flexibility index (Phi) is 16.1. The third kappa shape index (κ3) is 16.1. The molecule has 4 aromatic rings. The van der Waals surface area contributed by atoms with Gasteiger partial charge in [-0.1, -0.05) is 27.7 Å². The molecule has 0 saturated carbocycles. The van der Waals surface area contributed by atoms with Gasteiger partial charge in [0.05, 0.1) is 28.1 Å². The molecule has 1 amide bonds. The molecular weight excluding hydrogens is 802 g/mol. The highest BCUT2D eigenvalue weighted by Crippen LogP contribution is 2.40. The van der Waals surface area contributed by atoms with Crippen LogP contribution in [-0.4, -0.2) is 55.9 Å². The molecule has 2 atom stereocenters. The van der Waals surface area contributed by atoms with Gasteiger partial charge < -0.3 is 25.3 Å². The van der Waals surface area contributed by atoms with E-state index in [1.807, 2.05) is 27.7 Å². The Morgan fingerprint density at radius 2 is 1.20 bits per heavy atom. The standard InChI is InChI=1S/C23H29ClF3N3O3.C19H24F3N3O/c1-14(2)12-22(6,30-20(31)33-21(3,4)5)13-32-18-8-7-15(11-16(18)23(25,26)27)17-9-10-28-19(24)29-17;1-12(2)10-18(4,23)11-26-17-6-5-14(9-15(17)19(20,21)22)16-7-8-24-13(3)25-16/h7-11,14H,12-13H2,1-6H3,(H,30,31);5-9,12H,10-11,23H2,1-4H3/t22-;18-/m00/s1. The van der Waals surface area contributed by atoms with Crippen molar-refractivity contribution < 1.29 is 45.3 Å². The summed E-state index contributed by atoms with van der Waals surface area (Å²) < 4.78 is 98.4. The van der Waals surface area contributed by atoms with Crippen LogP contribution in [0.1, 0.15) is 92.1 Å². The molecule has 2 heterocycles. The number of halogens is 7. The van der Waals surface area contributed by atoms with Gasteiger partial charge in [-0.2, -0.15) is 26.3 Å². The van der Waals surface area contributed by atoms with Gasteiger partial charge >= 0.3 is 18.4 Å². The van der Waals surface area contributed by atoms with Crippen molar-refractivity contribution in [2.75, 3.05) is 13.2 Å². The van der Waals surface area contributed by atoms with Crippen molar-refractivity contribution in [1.82, 2.24) is 25.3 Å². The molecule has 3 N–H and O–H groups in total. The number of alkyl halides is 6. The molecule has 0 radical (unpaired) electrons. The SMILES string of the molecule is CC(C)C[C@@](C)(COc1ccc(-c2ccnc(Cl)n2)cc1C(F)(F)F)NC(=O)OC(C)(C)C.Cc1nccc(-c2ccc(OC[C@@](C)(N)CC(C)C)c(C(F)(F)F)c2)n1. The van der Waals surface area contributed by atoms with E-state index in [0.717, 1.165) is 12.1 Å². The Bertz CT molecular complexity index is 2020. The number of nitrogens with two attached hydrogens (primary N) is 1. The highest BCUT2D eigenvalue weighted by atomic mass is 35.5. The van der Waals surface area contributed by atoms with Crippen molar-refractivity contribution >= 4 is 17.7 Å². The Balaban J connectivity index is 0.000000324. The molecule has 17 heteroatoms. The number of ether oxygens (including phenoxy) is 3. The molecule has 0 aliphatic heterocycles. The van der Waals surface area contributed by atoms with Crippen LogP contribution in [0.2, 0.25) is 5.28 Å². The van der Waals surface area contributed by atoms with E-state index in [1.54, 1.807) is 53.7 Å². The molecule has 59 heavy (non-hydrogen) atoms. The van der Waals surface area contributed by atoms with E-state index >= 15 is 0 Å². The molecule has 0 aliphatic rings. The van der Waals surface area contributed by atoms with E-state index in [0.29, 0.717) is 35.8 Å². The van der Waals surface area contributed by atoms with Gasteiger partial charge in [-0.3, -0.25) is 0 Å². The van der Waals surface area contributed by atoms with Crippen molar-refractivity contribution in [3.05, 3.63) is 83.2 Å². The number of carbonyl (C=O) groups excluding carboxylic acids is 1. The Hall–Kier alpha value is -4.70. The summed E-state index contributed by atoms with van der Waals surface area (Å²) in [4.78, 5) is 28.2. The van der Waals surface area contributed by atoms with Gasteiger partial charge in [-0.15, -0.1) is 0 Å². The van der Waals surface area contributed by atoms with Crippen LogP contribution >= 0.6 is 11.6 Å². The minimum absolute atomic E-state index is 0.000220. The summed E-state index contributed by atoms with van der Waals surface area (Å²) in [5.74, 6) is 0.364. The molecule has 324 valence electrons. The Labute approximate surface area is 346 Å². The number of rotatable bonds is 13. The number of amides is 1. The van der Waals surface area contributed by atoms with E-state index in [-0.39, 0.29) is 47.2 Å². The van der Waals surface area contributed by atoms with Gasteiger partial charge in [0.15, 0.2) is 0 Å². The molecule has 0 spiro atoms. The van der Waals surface area contributed by atoms with Crippen LogP contribution in [0, 0.1) is 18.8 Å². The van der Waals surface area contributed by atoms with E-state index in [2.05, 4.69) is 25.3 Å². The summed E-state index contributed by atoms with van der Waals surface area (Å²) in [6, 6.07) is 10.6. The molecule has 2 aromatic carbocycles. The van der Waals surface area contributed by atoms with E-state index in [9.17, 15) is 31.1 Å². The number of hydrogen-bond acceptors (Lipinski definition) is 9. The first-order valence-electron chi connectivity index (χ1n) is 18.8. The maximum Gasteiger partial charge on any atom is 0.419 e. The Morgan fingerprint density at radius 1 is 0.729 bits per heavy atom. The summed E-state index contributed by atoms with van der Waals surface area (Å²) in [6.07, 6.45) is -5.90. The molecule has 0 fully saturated rings. The van der Waals surface area contributed by atoms with Crippen LogP contribution in [-0.2, 0) is 17.1 Å². The zero-order valence-electron chi connectivity index (χ0n) is 34.9. The van der Waals surface area contributed by atoms with E-state index in [1.165, 1.54) is 36.7 Å². The van der Waals surface area contributed by atoms with E-state index in [4.69, 9.17) is 31.5 Å². The quantitative estimate of drug-likeness (QED) is 0.0995. The summed E-state index contributed by atoms with van der Waals surface area (Å²) >= 11 is 5.76. The average molecular weight is 855 g/mol. The number of carbonyl (C=O) groups is 1. The number of aryl methyl sites for hydroxylation is 1. The second-order valence-electron chi connectivity index (χ2n) is 16.7. The number of nitrogens with one attached hydrogen (secondary N) is 1. The monoisotopic (exact) mass is 854 g/mol. The largest absolute Gasteiger partial charge is 0.491 e. The van der Waals surface area contributed by atoms with Crippen LogP contribution < -0.4 is 20.5 Å². The van der Waals surface area contributed by atoms with Gasteiger partial charge in [0, 0.05) is 29.1 Å². The molecule has 0 bridgehead atoms. The summed E-state index contributed by atoms with van der Waals surface area (Å²) in [6.45, 7) is 18.1. The van der Waals surface area contributed by atoms with Crippen LogP contribution in [0.15, 0.2) is 60.9 Å². The summed E-state index contributed by atoms with van der Waals surface area (Å²) in [5.41, 5.74) is 3.21. The van der Waals surface area contributed by atoms with Gasteiger partial charge in [0.2, 0.25) is 5.28 Å². The second-order valence-corrected chi connectivity index (χ2v) is 17.1. The number of nitrogens with zero attached hydrogens (tertiary/aromatic N) is 4. The highest BCUT2D eigenvalue weighted by Gasteiger charge is 2.38. The van der Waals surface area contributed by atoms with E-state index < -0.39 is 46.3 Å². The molecule has 10 nitrogen and oxygen atoms in total. The maximum absolute atomic E-state index is 13.8. The normalized spacial score (nSPS) is 14.2. The maximum atomic E-state index is 13.8. The first-order chi connectivity index (χ1) is 27.1. The first kappa shape index (κ1) is 48.7. The highest BCUT2D eigenvalue weighted by molar-refractivity contribution is 6.28. The lowest BCUT2D eigenvalue weighted by molar-refractivity contribution is -0.139. The molecular formula is C42H53ClF6N6O4. The lowest BCUT2D eigenvalue weighted by atomic mass is 9.91. The van der Waals surface area contributed by atoms with Gasteiger partial charge in [0.25, 0.3) is 0 Å². The van der Waals surface area contributed by atoms with Crippen LogP contribution in [0.5, 0.6) is 11.5 Å². The fraction of sp³-hybridized carbons (Fsp3) is 0.500. The van der Waals surface area contributed by atoms with Crippen molar-refractivity contribution in [2.45, 2.75) is 111 Å². The van der Waals surface area contributed by atoms with Crippen LogP contribution in [0.25, 0.3) is 22.5 Å². The predicted molar refractivity (Wildman–Crippen MR) is 215 cm³/mol. The van der Waals surface area contributed by atoms with Crippen molar-refractivity contribution in [3.8, 4) is 34.0 Å². The predicted octanol–water partition coefficient (Wildman–Crippen LogP) is 11.1. The lowest BCUT2D eigenvalue weighted by Gasteiger charge is -2.33. The third-order valence-corrected chi connectivity index (χ3v) is 8.39. The first-order valence-corrected chi connectivity index (χ1v) is 19.2. The smallest absolute Gasteiger partial charge is 0.419 e. The zero-order chi connectivity index (χ0) is 44.6. The van der Waals surface area contributed by atoms with Crippen LogP contribution in [0.3, 0.4) is 0 Å². The zero-order valence-corrected chi connectivity index (χ0v) is 35.7. The second kappa shape index (κ2) is 19.6. The number of hydrogen-bond donors (Lipinski definition) is 2. The number of benzene rings is 2. The molecule has 0 aliphatic carbocycles. The fourth-order valence-corrected chi connectivity index (χ4v) is 6.40. The third-order valence-electron chi connectivity index (χ3n) is 8.20. The molecule has 0 saturated heterocycles. The lowest BCUT2D eigenvalue weighted by Crippen LogP contribution is -2.52. The molecule has 0 unspecified atom stereocenters. The van der Waals surface area contributed by atoms with Gasteiger partial charge in [-0.25, -0.2) is 24.7 Å². The minimum Gasteiger partial charge on any atom is -0.491 e. The van der Waals surface area contributed by atoms with Crippen molar-refractivity contribution in [2.24, 2.45) is 17.6 Å². The van der Waals surface area contributed by atoms with Crippen LogP contribution in [0.4, 0.5) is 31.1 Å². The number of aromatic nitrogens is 4. The minimum atomic E-state index is -4.67. The fourth-order valence-electron chi connectivity index (χ4n) is 6.25. The van der Waals surface area contributed by atoms with Gasteiger partial charge in [-0.05, 0) is 126 Å². The molecule has 4 rings (SSSR count). The summed E-state index contributed by atoms with van der Waals surface area (Å²) in [7, 11) is 0. The van der Waals surface area contributed by atoms with Crippen molar-refractivity contribution in [3.63, 3.8) is 0 Å². The summed E-state index contributed by atoms with van der Waals surface area (Å²) in [5, 5.41) is 2.68. The average Bonchev–Trinajstić information content (AvgIpc) is 3.07. The molecule has 2 aromatic heterocycles. The van der Waals surface area contributed by atoms with Crippen molar-refractivity contribution in [1.29, 1.82) is 0 Å². The van der Waals surface area contributed by atoms with Gasteiger partial charge in [0.1, 0.15) is 36.1 Å².